The predicted octanol–water partition coefficient (Wildman–Crippen LogP) is 5.56. The second-order valence-corrected chi connectivity index (χ2v) is 9.85. The maximum Gasteiger partial charge on any atom is 0.248 e. The number of hydrogen-bond donors (Lipinski definition) is 2. The zero-order valence-electron chi connectivity index (χ0n) is 22.6. The van der Waals surface area contributed by atoms with E-state index in [-0.39, 0.29) is 43.0 Å². The molecule has 0 bridgehead atoms. The van der Waals surface area contributed by atoms with Crippen molar-refractivity contribution in [2.24, 2.45) is 0 Å². The third kappa shape index (κ3) is 7.65. The zero-order valence-corrected chi connectivity index (χ0v) is 22.6. The van der Waals surface area contributed by atoms with Gasteiger partial charge in [-0.25, -0.2) is 9.37 Å². The molecule has 0 spiro atoms. The largest absolute Gasteiger partial charge is 0.495 e. The number of nitrogens with zero attached hydrogens (tertiary/aromatic N) is 2. The summed E-state index contributed by atoms with van der Waals surface area (Å²) in [5, 5.41) is 5.86. The maximum absolute atomic E-state index is 13.9. The second-order valence-electron chi connectivity index (χ2n) is 9.85. The van der Waals surface area contributed by atoms with E-state index in [4.69, 9.17) is 4.74 Å². The molecule has 3 aromatic rings. The Bertz CT molecular complexity index is 1280. The summed E-state index contributed by atoms with van der Waals surface area (Å²) < 4.78 is 19.4. The van der Waals surface area contributed by atoms with Gasteiger partial charge in [-0.3, -0.25) is 19.3 Å². The highest BCUT2D eigenvalue weighted by Gasteiger charge is 2.35. The lowest BCUT2D eigenvalue weighted by Gasteiger charge is -2.34. The van der Waals surface area contributed by atoms with Gasteiger partial charge in [-0.1, -0.05) is 49.6 Å². The molecule has 1 saturated carbocycles. The van der Waals surface area contributed by atoms with Gasteiger partial charge < -0.3 is 15.4 Å². The van der Waals surface area contributed by atoms with Gasteiger partial charge in [0.2, 0.25) is 17.7 Å². The molecule has 3 amide bonds. The average molecular weight is 547 g/mol. The highest BCUT2D eigenvalue weighted by atomic mass is 19.1. The minimum atomic E-state index is -1.06. The van der Waals surface area contributed by atoms with Gasteiger partial charge in [0.25, 0.3) is 0 Å². The van der Waals surface area contributed by atoms with Crippen molar-refractivity contribution in [1.82, 2.24) is 10.3 Å². The normalized spacial score (nSPS) is 14.2. The number of halogens is 1. The Hall–Kier alpha value is -4.27. The van der Waals surface area contributed by atoms with Crippen LogP contribution in [0.5, 0.6) is 5.75 Å². The fraction of sp³-hybridized carbons (Fsp3) is 0.355. The lowest BCUT2D eigenvalue weighted by atomic mass is 9.94. The number of benzene rings is 2. The van der Waals surface area contributed by atoms with E-state index in [0.29, 0.717) is 22.8 Å². The number of aromatic nitrogens is 1. The fourth-order valence-corrected chi connectivity index (χ4v) is 5.00. The molecule has 1 atom stereocenters. The Morgan fingerprint density at radius 1 is 0.975 bits per heavy atom. The van der Waals surface area contributed by atoms with Crippen LogP contribution >= 0.6 is 0 Å². The fourth-order valence-electron chi connectivity index (χ4n) is 5.00. The minimum Gasteiger partial charge on any atom is -0.495 e. The number of rotatable bonds is 11. The van der Waals surface area contributed by atoms with Gasteiger partial charge in [-0.2, -0.15) is 0 Å². The van der Waals surface area contributed by atoms with E-state index >= 15 is 0 Å². The number of amides is 3. The molecule has 2 N–H and O–H groups in total. The smallest absolute Gasteiger partial charge is 0.248 e. The van der Waals surface area contributed by atoms with Crippen molar-refractivity contribution in [2.45, 2.75) is 63.5 Å². The van der Waals surface area contributed by atoms with E-state index in [1.165, 1.54) is 36.3 Å². The van der Waals surface area contributed by atoms with Gasteiger partial charge >= 0.3 is 0 Å². The summed E-state index contributed by atoms with van der Waals surface area (Å²) in [7, 11) is 1.50. The third-order valence-corrected chi connectivity index (χ3v) is 6.98. The standard InChI is InChI=1S/C31H35FN4O4/c1-40-26-13-6-5-12-25(26)36(29(38)16-9-15-28(37)35-27-14-7-8-21-33-27)30(22-17-19-23(32)20-18-22)31(39)34-24-10-3-2-4-11-24/h5-8,12-14,17-21,24,30H,2-4,9-11,15-16H2,1H3,(H,34,39)(H,33,35,37)/t30-/m0/s1. The Labute approximate surface area is 233 Å². The van der Waals surface area contributed by atoms with Crippen molar-refractivity contribution in [2.75, 3.05) is 17.3 Å². The maximum atomic E-state index is 13.9. The van der Waals surface area contributed by atoms with Crippen LogP contribution in [0.2, 0.25) is 0 Å². The summed E-state index contributed by atoms with van der Waals surface area (Å²) >= 11 is 0. The monoisotopic (exact) mass is 546 g/mol. The van der Waals surface area contributed by atoms with Gasteiger partial charge in [-0.05, 0) is 61.2 Å². The Morgan fingerprint density at radius 2 is 1.70 bits per heavy atom. The summed E-state index contributed by atoms with van der Waals surface area (Å²) in [6, 6.07) is 16.7. The van der Waals surface area contributed by atoms with Crippen LogP contribution in [0.4, 0.5) is 15.9 Å². The summed E-state index contributed by atoms with van der Waals surface area (Å²) in [4.78, 5) is 45.8. The molecule has 1 heterocycles. The van der Waals surface area contributed by atoms with Gasteiger partial charge in [0, 0.05) is 25.1 Å². The predicted molar refractivity (Wildman–Crippen MR) is 151 cm³/mol. The van der Waals surface area contributed by atoms with Crippen molar-refractivity contribution in [3.63, 3.8) is 0 Å². The molecule has 210 valence electrons. The van der Waals surface area contributed by atoms with Gasteiger partial charge in [-0.15, -0.1) is 0 Å². The lowest BCUT2D eigenvalue weighted by molar-refractivity contribution is -0.127. The molecule has 0 radical (unpaired) electrons. The first-order chi connectivity index (χ1) is 19.5. The highest BCUT2D eigenvalue weighted by molar-refractivity contribution is 6.02. The number of anilines is 2. The van der Waals surface area contributed by atoms with E-state index in [1.807, 2.05) is 0 Å². The SMILES string of the molecule is COc1ccccc1N(C(=O)CCCC(=O)Nc1ccccn1)[C@H](C(=O)NC1CCCCC1)c1ccc(F)cc1. The molecule has 0 aliphatic heterocycles. The van der Waals surface area contributed by atoms with E-state index in [1.54, 1.807) is 48.7 Å². The van der Waals surface area contributed by atoms with Crippen LogP contribution in [0.1, 0.15) is 63.0 Å². The van der Waals surface area contributed by atoms with Crippen LogP contribution in [0.25, 0.3) is 0 Å². The van der Waals surface area contributed by atoms with Crippen LogP contribution in [0.15, 0.2) is 72.9 Å². The van der Waals surface area contributed by atoms with E-state index in [2.05, 4.69) is 15.6 Å². The number of ether oxygens (including phenoxy) is 1. The van der Waals surface area contributed by atoms with Gasteiger partial charge in [0.15, 0.2) is 0 Å². The topological polar surface area (TPSA) is 101 Å². The van der Waals surface area contributed by atoms with Crippen LogP contribution in [-0.4, -0.2) is 35.9 Å². The zero-order chi connectivity index (χ0) is 28.3. The molecule has 9 heteroatoms. The van der Waals surface area contributed by atoms with Crippen molar-refractivity contribution in [1.29, 1.82) is 0 Å². The highest BCUT2D eigenvalue weighted by Crippen LogP contribution is 2.36. The van der Waals surface area contributed by atoms with Crippen LogP contribution in [0, 0.1) is 5.82 Å². The van der Waals surface area contributed by atoms with Crippen LogP contribution in [-0.2, 0) is 14.4 Å². The van der Waals surface area contributed by atoms with Crippen molar-refractivity contribution >= 4 is 29.2 Å². The quantitative estimate of drug-likeness (QED) is 0.328. The molecule has 0 saturated heterocycles. The molecule has 0 unspecified atom stereocenters. The average Bonchev–Trinajstić information content (AvgIpc) is 2.97. The molecule has 1 aromatic heterocycles. The molecule has 8 nitrogen and oxygen atoms in total. The molecule has 4 rings (SSSR count). The molecule has 2 aromatic carbocycles. The third-order valence-electron chi connectivity index (χ3n) is 6.98. The molecule has 40 heavy (non-hydrogen) atoms. The number of carbonyl (C=O) groups is 3. The van der Waals surface area contributed by atoms with Crippen molar-refractivity contribution in [3.05, 3.63) is 84.3 Å². The molecule has 1 fully saturated rings. The van der Waals surface area contributed by atoms with Crippen molar-refractivity contribution < 1.29 is 23.5 Å². The molecule has 1 aliphatic rings. The van der Waals surface area contributed by atoms with E-state index in [0.717, 1.165) is 32.1 Å². The Morgan fingerprint density at radius 3 is 2.40 bits per heavy atom. The summed E-state index contributed by atoms with van der Waals surface area (Å²) in [5.41, 5.74) is 0.892. The van der Waals surface area contributed by atoms with E-state index < -0.39 is 11.9 Å². The van der Waals surface area contributed by atoms with Crippen LogP contribution in [0.3, 0.4) is 0 Å². The summed E-state index contributed by atoms with van der Waals surface area (Å²) in [6.45, 7) is 0. The molecule has 1 aliphatic carbocycles. The number of para-hydroxylation sites is 2. The first-order valence-electron chi connectivity index (χ1n) is 13.7. The number of hydrogen-bond acceptors (Lipinski definition) is 5. The number of pyridine rings is 1. The molecular formula is C31H35FN4O4. The summed E-state index contributed by atoms with van der Waals surface area (Å²) in [6.07, 6.45) is 6.87. The Balaban J connectivity index is 1.60. The van der Waals surface area contributed by atoms with Crippen LogP contribution < -0.4 is 20.3 Å². The lowest BCUT2D eigenvalue weighted by Crippen LogP contribution is -2.47. The van der Waals surface area contributed by atoms with Crippen molar-refractivity contribution in [3.8, 4) is 5.75 Å². The second kappa shape index (κ2) is 14.2. The van der Waals surface area contributed by atoms with Gasteiger partial charge in [0.1, 0.15) is 23.4 Å². The van der Waals surface area contributed by atoms with E-state index in [9.17, 15) is 18.8 Å². The molecular weight excluding hydrogens is 511 g/mol. The summed E-state index contributed by atoms with van der Waals surface area (Å²) in [5.74, 6) is -0.551. The number of methoxy groups -OCH3 is 1. The van der Waals surface area contributed by atoms with Gasteiger partial charge in [0.05, 0.1) is 12.8 Å². The number of carbonyl (C=O) groups excluding carboxylic acids is 3. The Kier molecular flexibility index (Phi) is 10.2. The minimum absolute atomic E-state index is 0.00207. The number of nitrogens with one attached hydrogen (secondary N) is 2. The first-order valence-corrected chi connectivity index (χ1v) is 13.7. The first kappa shape index (κ1) is 28.7.